The van der Waals surface area contributed by atoms with Crippen molar-refractivity contribution in [1.29, 1.82) is 0 Å². The fraction of sp³-hybridized carbons (Fsp3) is 0.875. The molecule has 1 N–H and O–H groups in total. The molecule has 0 amide bonds. The van der Waals surface area contributed by atoms with Crippen LogP contribution in [0.3, 0.4) is 0 Å². The van der Waals surface area contributed by atoms with E-state index in [1.54, 1.807) is 0 Å². The van der Waals surface area contributed by atoms with Crippen LogP contribution in [0.15, 0.2) is 0 Å². The lowest BCUT2D eigenvalue weighted by Gasteiger charge is -2.04. The highest BCUT2D eigenvalue weighted by molar-refractivity contribution is 7.90. The minimum absolute atomic E-state index is 0.0544. The van der Waals surface area contributed by atoms with E-state index < -0.39 is 9.84 Å². The highest BCUT2D eigenvalue weighted by atomic mass is 32.2. The summed E-state index contributed by atoms with van der Waals surface area (Å²) >= 11 is 0. The molecule has 0 aromatic carbocycles. The summed E-state index contributed by atoms with van der Waals surface area (Å²) in [7, 11) is -2.98. The number of aromatic nitrogens is 4. The molecular weight excluding hydrogens is 230 g/mol. The second kappa shape index (κ2) is 5.90. The normalized spacial score (nSPS) is 11.9. The summed E-state index contributed by atoms with van der Waals surface area (Å²) in [6.07, 6.45) is 2.23. The van der Waals surface area contributed by atoms with Crippen LogP contribution < -0.4 is 5.32 Å². The van der Waals surface area contributed by atoms with E-state index in [0.29, 0.717) is 18.9 Å². The molecule has 1 heterocycles. The molecule has 16 heavy (non-hydrogen) atoms. The number of hydrogen-bond donors (Lipinski definition) is 1. The summed E-state index contributed by atoms with van der Waals surface area (Å²) in [5, 5.41) is 14.3. The Bertz CT molecular complexity index is 414. The van der Waals surface area contributed by atoms with E-state index in [-0.39, 0.29) is 5.75 Å². The summed E-state index contributed by atoms with van der Waals surface area (Å²) in [6.45, 7) is 3.82. The molecule has 0 radical (unpaired) electrons. The fourth-order valence-corrected chi connectivity index (χ4v) is 1.66. The van der Waals surface area contributed by atoms with Crippen molar-refractivity contribution in [1.82, 2.24) is 25.5 Å². The van der Waals surface area contributed by atoms with Gasteiger partial charge < -0.3 is 5.32 Å². The molecule has 1 aromatic heterocycles. The van der Waals surface area contributed by atoms with Crippen LogP contribution in [0, 0.1) is 0 Å². The maximum absolute atomic E-state index is 11.0. The predicted molar refractivity (Wildman–Crippen MR) is 59.5 cm³/mol. The fourth-order valence-electron chi connectivity index (χ4n) is 1.15. The van der Waals surface area contributed by atoms with Gasteiger partial charge in [0.05, 0.1) is 18.8 Å². The Morgan fingerprint density at radius 1 is 1.44 bits per heavy atom. The summed E-state index contributed by atoms with van der Waals surface area (Å²) in [4.78, 5) is 0. The van der Waals surface area contributed by atoms with Gasteiger partial charge in [0, 0.05) is 6.26 Å². The van der Waals surface area contributed by atoms with Crippen molar-refractivity contribution < 1.29 is 8.42 Å². The number of rotatable bonds is 7. The molecular formula is C8H17N5O2S. The zero-order valence-corrected chi connectivity index (χ0v) is 10.4. The van der Waals surface area contributed by atoms with E-state index in [1.807, 2.05) is 0 Å². The Morgan fingerprint density at radius 2 is 2.19 bits per heavy atom. The van der Waals surface area contributed by atoms with Gasteiger partial charge in [0.2, 0.25) is 0 Å². The molecule has 1 aromatic rings. The molecule has 0 fully saturated rings. The third-order valence-corrected chi connectivity index (χ3v) is 2.91. The van der Waals surface area contributed by atoms with Crippen LogP contribution in [-0.4, -0.2) is 47.2 Å². The number of sulfone groups is 1. The second-order valence-corrected chi connectivity index (χ2v) is 5.88. The summed E-state index contributed by atoms with van der Waals surface area (Å²) in [5.41, 5.74) is 0. The maximum Gasteiger partial charge on any atom is 0.165 e. The van der Waals surface area contributed by atoms with Gasteiger partial charge in [0.15, 0.2) is 5.82 Å². The molecule has 0 saturated carbocycles. The van der Waals surface area contributed by atoms with Crippen LogP contribution in [0.25, 0.3) is 0 Å². The summed E-state index contributed by atoms with van der Waals surface area (Å²) < 4.78 is 23.5. The van der Waals surface area contributed by atoms with Crippen LogP contribution in [-0.2, 0) is 22.9 Å². The van der Waals surface area contributed by atoms with Crippen molar-refractivity contribution >= 4 is 9.84 Å². The average Bonchev–Trinajstić information content (AvgIpc) is 2.62. The molecule has 0 aliphatic rings. The summed E-state index contributed by atoms with van der Waals surface area (Å²) in [5.74, 6) is 0.718. The quantitative estimate of drug-likeness (QED) is 0.636. The molecule has 0 atom stereocenters. The zero-order chi connectivity index (χ0) is 12.0. The first-order valence-corrected chi connectivity index (χ1v) is 7.22. The molecule has 0 unspecified atom stereocenters. The molecule has 0 aliphatic carbocycles. The van der Waals surface area contributed by atoms with Crippen molar-refractivity contribution in [2.24, 2.45) is 0 Å². The molecule has 7 nitrogen and oxygen atoms in total. The number of tetrazole rings is 1. The lowest BCUT2D eigenvalue weighted by Crippen LogP contribution is -2.20. The van der Waals surface area contributed by atoms with Gasteiger partial charge in [-0.3, -0.25) is 0 Å². The Morgan fingerprint density at radius 3 is 2.81 bits per heavy atom. The molecule has 0 saturated heterocycles. The number of nitrogens with one attached hydrogen (secondary N) is 1. The minimum Gasteiger partial charge on any atom is -0.310 e. The zero-order valence-electron chi connectivity index (χ0n) is 9.55. The minimum atomic E-state index is -2.98. The van der Waals surface area contributed by atoms with E-state index in [4.69, 9.17) is 0 Å². The largest absolute Gasteiger partial charge is 0.310 e. The van der Waals surface area contributed by atoms with Gasteiger partial charge in [-0.25, -0.2) is 13.1 Å². The van der Waals surface area contributed by atoms with E-state index in [1.165, 1.54) is 10.9 Å². The Labute approximate surface area is 95.1 Å². The highest BCUT2D eigenvalue weighted by Gasteiger charge is 2.08. The number of hydrogen-bond acceptors (Lipinski definition) is 6. The molecule has 0 bridgehead atoms. The summed E-state index contributed by atoms with van der Waals surface area (Å²) in [6, 6.07) is 0. The average molecular weight is 247 g/mol. The molecule has 0 aliphatic heterocycles. The Kier molecular flexibility index (Phi) is 4.81. The van der Waals surface area contributed by atoms with Gasteiger partial charge in [-0.15, -0.1) is 5.10 Å². The first-order chi connectivity index (χ1) is 7.53. The third kappa shape index (κ3) is 4.67. The number of aryl methyl sites for hydroxylation is 1. The van der Waals surface area contributed by atoms with Crippen LogP contribution in [0.4, 0.5) is 0 Å². The first-order valence-electron chi connectivity index (χ1n) is 5.16. The van der Waals surface area contributed by atoms with Crippen LogP contribution in [0.1, 0.15) is 19.2 Å². The third-order valence-electron chi connectivity index (χ3n) is 1.99. The maximum atomic E-state index is 11.0. The van der Waals surface area contributed by atoms with Crippen molar-refractivity contribution in [3.63, 3.8) is 0 Å². The standard InChI is InChI=1S/C8H17N5O2S/c1-3-4-9-7-8-10-11-12-13(8)5-6-16(2,14)15/h9H,3-7H2,1-2H3. The second-order valence-electron chi connectivity index (χ2n) is 3.62. The van der Waals surface area contributed by atoms with Gasteiger partial charge in [0.1, 0.15) is 9.84 Å². The van der Waals surface area contributed by atoms with Crippen molar-refractivity contribution in [3.8, 4) is 0 Å². The van der Waals surface area contributed by atoms with Gasteiger partial charge >= 0.3 is 0 Å². The van der Waals surface area contributed by atoms with E-state index >= 15 is 0 Å². The smallest absolute Gasteiger partial charge is 0.165 e. The Hall–Kier alpha value is -1.02. The monoisotopic (exact) mass is 247 g/mol. The van der Waals surface area contributed by atoms with Gasteiger partial charge in [0.25, 0.3) is 0 Å². The molecule has 8 heteroatoms. The molecule has 0 spiro atoms. The lowest BCUT2D eigenvalue weighted by atomic mass is 10.4. The van der Waals surface area contributed by atoms with Gasteiger partial charge in [-0.05, 0) is 23.4 Å². The first kappa shape index (κ1) is 13.0. The topological polar surface area (TPSA) is 89.8 Å². The van der Waals surface area contributed by atoms with Gasteiger partial charge in [-0.1, -0.05) is 6.92 Å². The molecule has 1 rings (SSSR count). The van der Waals surface area contributed by atoms with Crippen LogP contribution >= 0.6 is 0 Å². The van der Waals surface area contributed by atoms with E-state index in [9.17, 15) is 8.42 Å². The van der Waals surface area contributed by atoms with Crippen LogP contribution in [0.2, 0.25) is 0 Å². The van der Waals surface area contributed by atoms with Gasteiger partial charge in [-0.2, -0.15) is 0 Å². The number of nitrogens with zero attached hydrogens (tertiary/aromatic N) is 4. The predicted octanol–water partition coefficient (Wildman–Crippen LogP) is -0.783. The van der Waals surface area contributed by atoms with E-state index in [2.05, 4.69) is 27.8 Å². The Balaban J connectivity index is 2.50. The van der Waals surface area contributed by atoms with Crippen LogP contribution in [0.5, 0.6) is 0 Å². The van der Waals surface area contributed by atoms with Crippen molar-refractivity contribution in [2.75, 3.05) is 18.6 Å². The van der Waals surface area contributed by atoms with Crippen molar-refractivity contribution in [3.05, 3.63) is 5.82 Å². The van der Waals surface area contributed by atoms with Crippen molar-refractivity contribution in [2.45, 2.75) is 26.4 Å². The lowest BCUT2D eigenvalue weighted by molar-refractivity contribution is 0.552. The van der Waals surface area contributed by atoms with E-state index in [0.717, 1.165) is 13.0 Å². The molecule has 92 valence electrons. The highest BCUT2D eigenvalue weighted by Crippen LogP contribution is 1.94. The SMILES string of the molecule is CCCNCc1nnnn1CCS(C)(=O)=O.